The molecule has 1 saturated heterocycles. The van der Waals surface area contributed by atoms with E-state index in [1.54, 1.807) is 12.1 Å². The summed E-state index contributed by atoms with van der Waals surface area (Å²) in [6, 6.07) is 6.22. The summed E-state index contributed by atoms with van der Waals surface area (Å²) in [5, 5.41) is 0. The summed E-state index contributed by atoms with van der Waals surface area (Å²) >= 11 is 0. The third-order valence-corrected chi connectivity index (χ3v) is 4.27. The van der Waals surface area contributed by atoms with Gasteiger partial charge in [-0.1, -0.05) is 12.1 Å². The number of halogens is 1. The van der Waals surface area contributed by atoms with Crippen LogP contribution in [0, 0.1) is 5.82 Å². The molecule has 0 spiro atoms. The molecule has 1 aliphatic rings. The average Bonchev–Trinajstić information content (AvgIpc) is 2.40. The van der Waals surface area contributed by atoms with E-state index in [0.717, 1.165) is 38.4 Å². The molecule has 0 saturated carbocycles. The highest BCUT2D eigenvalue weighted by molar-refractivity contribution is 7.84. The van der Waals surface area contributed by atoms with Crippen molar-refractivity contribution in [3.63, 3.8) is 0 Å². The van der Waals surface area contributed by atoms with Gasteiger partial charge in [-0.2, -0.15) is 0 Å². The molecule has 1 fully saturated rings. The van der Waals surface area contributed by atoms with Crippen molar-refractivity contribution in [1.29, 1.82) is 0 Å². The SMILES string of the molecule is O=S(CCN1CCOCC1)Cc1ccc(F)cc1. The highest BCUT2D eigenvalue weighted by Crippen LogP contribution is 2.06. The molecule has 2 rings (SSSR count). The minimum absolute atomic E-state index is 0.252. The molecular formula is C13H18FNO2S. The van der Waals surface area contributed by atoms with Crippen LogP contribution >= 0.6 is 0 Å². The van der Waals surface area contributed by atoms with Crippen LogP contribution in [0.4, 0.5) is 4.39 Å². The van der Waals surface area contributed by atoms with Crippen molar-refractivity contribution in [3.05, 3.63) is 35.6 Å². The molecule has 1 aliphatic heterocycles. The van der Waals surface area contributed by atoms with Gasteiger partial charge in [0.1, 0.15) is 5.82 Å². The Morgan fingerprint density at radius 2 is 1.89 bits per heavy atom. The second kappa shape index (κ2) is 6.97. The topological polar surface area (TPSA) is 29.5 Å². The molecule has 1 heterocycles. The quantitative estimate of drug-likeness (QED) is 0.811. The van der Waals surface area contributed by atoms with Gasteiger partial charge in [-0.3, -0.25) is 9.11 Å². The number of rotatable bonds is 5. The summed E-state index contributed by atoms with van der Waals surface area (Å²) in [6.07, 6.45) is 0. The van der Waals surface area contributed by atoms with Crippen molar-refractivity contribution in [1.82, 2.24) is 4.90 Å². The van der Waals surface area contributed by atoms with E-state index in [2.05, 4.69) is 4.90 Å². The molecule has 1 aromatic carbocycles. The van der Waals surface area contributed by atoms with Crippen molar-refractivity contribution in [2.45, 2.75) is 5.75 Å². The minimum Gasteiger partial charge on any atom is -0.379 e. The van der Waals surface area contributed by atoms with Gasteiger partial charge in [0, 0.05) is 41.9 Å². The van der Waals surface area contributed by atoms with Crippen LogP contribution in [0.25, 0.3) is 0 Å². The zero-order valence-corrected chi connectivity index (χ0v) is 11.1. The number of ether oxygens (including phenoxy) is 1. The number of morpholine rings is 1. The van der Waals surface area contributed by atoms with Gasteiger partial charge in [0.05, 0.1) is 13.2 Å². The maximum atomic E-state index is 12.7. The van der Waals surface area contributed by atoms with E-state index in [4.69, 9.17) is 4.74 Å². The van der Waals surface area contributed by atoms with Gasteiger partial charge in [0.25, 0.3) is 0 Å². The Bertz CT molecular complexity index is 390. The van der Waals surface area contributed by atoms with E-state index in [1.807, 2.05) is 0 Å². The van der Waals surface area contributed by atoms with Gasteiger partial charge < -0.3 is 4.74 Å². The van der Waals surface area contributed by atoms with Crippen LogP contribution in [0.15, 0.2) is 24.3 Å². The maximum Gasteiger partial charge on any atom is 0.123 e. The Morgan fingerprint density at radius 3 is 2.56 bits per heavy atom. The lowest BCUT2D eigenvalue weighted by Crippen LogP contribution is -2.38. The summed E-state index contributed by atoms with van der Waals surface area (Å²) in [5.41, 5.74) is 0.928. The van der Waals surface area contributed by atoms with E-state index < -0.39 is 10.8 Å². The van der Waals surface area contributed by atoms with Crippen molar-refractivity contribution in [2.75, 3.05) is 38.6 Å². The van der Waals surface area contributed by atoms with Crippen LogP contribution < -0.4 is 0 Å². The second-order valence-electron chi connectivity index (χ2n) is 4.37. The molecule has 3 nitrogen and oxygen atoms in total. The third-order valence-electron chi connectivity index (χ3n) is 2.98. The van der Waals surface area contributed by atoms with E-state index in [0.29, 0.717) is 11.5 Å². The average molecular weight is 271 g/mol. The Morgan fingerprint density at radius 1 is 1.22 bits per heavy atom. The van der Waals surface area contributed by atoms with Crippen molar-refractivity contribution in [2.24, 2.45) is 0 Å². The van der Waals surface area contributed by atoms with Crippen LogP contribution in [-0.4, -0.2) is 47.7 Å². The molecule has 1 atom stereocenters. The first kappa shape index (κ1) is 13.6. The smallest absolute Gasteiger partial charge is 0.123 e. The van der Waals surface area contributed by atoms with E-state index in [-0.39, 0.29) is 5.82 Å². The zero-order valence-electron chi connectivity index (χ0n) is 10.3. The Hall–Kier alpha value is -0.780. The van der Waals surface area contributed by atoms with Crippen LogP contribution in [0.3, 0.4) is 0 Å². The van der Waals surface area contributed by atoms with Gasteiger partial charge in [0.15, 0.2) is 0 Å². The third kappa shape index (κ3) is 4.48. The summed E-state index contributed by atoms with van der Waals surface area (Å²) in [5.74, 6) is 0.917. The molecule has 18 heavy (non-hydrogen) atoms. The molecule has 100 valence electrons. The first-order valence-electron chi connectivity index (χ1n) is 6.13. The summed E-state index contributed by atoms with van der Waals surface area (Å²) < 4.78 is 29.9. The van der Waals surface area contributed by atoms with Crippen molar-refractivity contribution >= 4 is 10.8 Å². The summed E-state index contributed by atoms with van der Waals surface area (Å²) in [7, 11) is -0.884. The van der Waals surface area contributed by atoms with Crippen LogP contribution in [0.1, 0.15) is 5.56 Å². The number of hydrogen-bond acceptors (Lipinski definition) is 3. The molecular weight excluding hydrogens is 253 g/mol. The van der Waals surface area contributed by atoms with Crippen molar-refractivity contribution < 1.29 is 13.3 Å². The standard InChI is InChI=1S/C13H18FNO2S/c14-13-3-1-12(2-4-13)11-18(16)10-7-15-5-8-17-9-6-15/h1-4H,5-11H2. The normalized spacial score (nSPS) is 18.7. The molecule has 5 heteroatoms. The predicted octanol–water partition coefficient (Wildman–Crippen LogP) is 1.41. The van der Waals surface area contributed by atoms with E-state index >= 15 is 0 Å². The molecule has 0 aliphatic carbocycles. The van der Waals surface area contributed by atoms with Gasteiger partial charge in [0.2, 0.25) is 0 Å². The summed E-state index contributed by atoms with van der Waals surface area (Å²) in [4.78, 5) is 2.27. The number of benzene rings is 1. The fourth-order valence-electron chi connectivity index (χ4n) is 1.89. The molecule has 0 amide bonds. The number of nitrogens with zero attached hydrogens (tertiary/aromatic N) is 1. The lowest BCUT2D eigenvalue weighted by molar-refractivity contribution is 0.0409. The van der Waals surface area contributed by atoms with Crippen LogP contribution in [0.5, 0.6) is 0 Å². The minimum atomic E-state index is -0.884. The van der Waals surface area contributed by atoms with Crippen LogP contribution in [0.2, 0.25) is 0 Å². The zero-order chi connectivity index (χ0) is 12.8. The van der Waals surface area contributed by atoms with E-state index in [1.165, 1.54) is 12.1 Å². The number of hydrogen-bond donors (Lipinski definition) is 0. The summed E-state index contributed by atoms with van der Waals surface area (Å²) in [6.45, 7) is 4.23. The van der Waals surface area contributed by atoms with Gasteiger partial charge in [-0.15, -0.1) is 0 Å². The van der Waals surface area contributed by atoms with Gasteiger partial charge in [-0.25, -0.2) is 4.39 Å². The Kier molecular flexibility index (Phi) is 5.28. The monoisotopic (exact) mass is 271 g/mol. The second-order valence-corrected chi connectivity index (χ2v) is 5.95. The fourth-order valence-corrected chi connectivity index (χ4v) is 3.06. The van der Waals surface area contributed by atoms with Crippen molar-refractivity contribution in [3.8, 4) is 0 Å². The Balaban J connectivity index is 1.73. The van der Waals surface area contributed by atoms with Gasteiger partial charge >= 0.3 is 0 Å². The van der Waals surface area contributed by atoms with E-state index in [9.17, 15) is 8.60 Å². The molecule has 0 bridgehead atoms. The molecule has 0 radical (unpaired) electrons. The molecule has 1 unspecified atom stereocenters. The lowest BCUT2D eigenvalue weighted by atomic mass is 10.2. The van der Waals surface area contributed by atoms with Gasteiger partial charge in [-0.05, 0) is 17.7 Å². The first-order chi connectivity index (χ1) is 8.74. The molecule has 1 aromatic rings. The Labute approximate surface area is 109 Å². The highest BCUT2D eigenvalue weighted by Gasteiger charge is 2.11. The fraction of sp³-hybridized carbons (Fsp3) is 0.538. The largest absolute Gasteiger partial charge is 0.379 e. The molecule has 0 N–H and O–H groups in total. The predicted molar refractivity (Wildman–Crippen MR) is 70.4 cm³/mol. The maximum absolute atomic E-state index is 12.7. The van der Waals surface area contributed by atoms with Crippen LogP contribution in [-0.2, 0) is 21.3 Å². The highest BCUT2D eigenvalue weighted by atomic mass is 32.2. The lowest BCUT2D eigenvalue weighted by Gasteiger charge is -2.26. The first-order valence-corrected chi connectivity index (χ1v) is 7.62. The molecule has 0 aromatic heterocycles.